The fraction of sp³-hybridized carbons (Fsp3) is 0.0135. The summed E-state index contributed by atoms with van der Waals surface area (Å²) in [6, 6.07) is 47.3. The summed E-state index contributed by atoms with van der Waals surface area (Å²) in [6.45, 7) is 7.11. The summed E-state index contributed by atoms with van der Waals surface area (Å²) in [5.74, 6) is -0.291. The van der Waals surface area contributed by atoms with Crippen LogP contribution in [0.5, 0.6) is 29.4 Å². The van der Waals surface area contributed by atoms with Gasteiger partial charge in [-0.05, 0) is 147 Å². The molecule has 20 aromatic rings. The van der Waals surface area contributed by atoms with Crippen LogP contribution in [0, 0.1) is 12.4 Å². The molecule has 31 nitrogen and oxygen atoms in total. The molecular formula is C74H54FN23O8S. The van der Waals surface area contributed by atoms with E-state index in [1.807, 2.05) is 72.8 Å². The van der Waals surface area contributed by atoms with Gasteiger partial charge in [-0.2, -0.15) is 0 Å². The fourth-order valence-corrected chi connectivity index (χ4v) is 13.3. The summed E-state index contributed by atoms with van der Waals surface area (Å²) in [5.41, 5.74) is 22.5. The van der Waals surface area contributed by atoms with Gasteiger partial charge in [0.2, 0.25) is 10.0 Å². The number of aromatic nitrogens is 19. The van der Waals surface area contributed by atoms with Crippen molar-refractivity contribution in [3.05, 3.63) is 218 Å². The van der Waals surface area contributed by atoms with Gasteiger partial charge in [-0.25, -0.2) is 67.2 Å². The van der Waals surface area contributed by atoms with Gasteiger partial charge in [0.15, 0.2) is 63.5 Å². The molecule has 0 aliphatic carbocycles. The first-order valence-corrected chi connectivity index (χ1v) is 33.8. The number of aromatic amines is 10. The Hall–Kier alpha value is -15.4. The highest BCUT2D eigenvalue weighted by Gasteiger charge is 2.23. The number of benzene rings is 5. The van der Waals surface area contributed by atoms with E-state index in [4.69, 9.17) is 17.5 Å². The highest BCUT2D eigenvalue weighted by Crippen LogP contribution is 2.42. The van der Waals surface area contributed by atoms with Gasteiger partial charge >= 0.3 is 0 Å². The number of aromatic hydroxyl groups is 5. The number of imidazole rings is 4. The minimum absolute atomic E-state index is 0.000885. The van der Waals surface area contributed by atoms with Gasteiger partial charge < -0.3 is 86.3 Å². The molecule has 33 heteroatoms. The number of rotatable bonds is 8. The number of halogens is 1. The first-order chi connectivity index (χ1) is 52.0. The number of sulfonamides is 1. The molecule has 0 unspecified atom stereocenters. The number of amidine groups is 1. The molecule has 0 fully saturated rings. The maximum atomic E-state index is 13.4. The quantitative estimate of drug-likeness (QED) is 0.0221. The van der Waals surface area contributed by atoms with Crippen molar-refractivity contribution in [1.29, 1.82) is 0 Å². The monoisotopic (exact) mass is 1440 g/mol. The zero-order chi connectivity index (χ0) is 73.8. The lowest BCUT2D eigenvalue weighted by Crippen LogP contribution is -2.18. The standard InChI is InChI=1S/C16H14N4O3S.C15H12N6O2.C15H9N5O.C14H9FN4O.C14H10N4O/c1-17-24(22,23)10-3-5-12-11(8-10)14(16(21)20-12)13-4-2-9-6-7-18-15(9)19-13;16-13(21-23)7-1-2-9-8(5-7)12(15(22)20-9)10-3-4-11-14(19-10)18-6-17-11;1-16-8-2-3-10-9(6-8)13(15(21)20-10)11-4-5-12-14(19-11)18-7-17-12;15-7-1-2-9-8(5-7)12(14(20)19-9)10-3-4-11-13(18-10)17-6-16-11;19-14-12(8-3-1-2-4-9(8)18-14)10-5-6-11-13(17-10)16-7-15-11/h2-8,17,20-21H,1H3,(H,18,19);1-6,20,22-23H,(H2,16,21)(H,17,18,19);2-7,20-21H,(H,17,18,19);1-6,19-20H,(H,16,17,18);1-7,18-19H,(H,15,16,17). The van der Waals surface area contributed by atoms with Crippen molar-refractivity contribution in [3.63, 3.8) is 0 Å². The van der Waals surface area contributed by atoms with Crippen molar-refractivity contribution in [1.82, 2.24) is 99.4 Å². The largest absolute Gasteiger partial charge is 0.494 e. The SMILES string of the molecule is CNS(=O)(=O)c1ccc2[nH]c(O)c(-c3ccc4cc[nH]c4n3)c2c1.N/C(=N\O)c1ccc2[nH]c(O)c(-c3ccc4[nH]cnc4n3)c2c1.Oc1[nH]c2ccc(F)cc2c1-c1ccc2[nH]cnc2n1.Oc1[nH]c2ccccc2c1-c1ccc2[nH]cnc2n1.[C-]#[N+]c1ccc2[nH]c(O)c(-c3ccc4[nH]cnc4n3)c2c1. The highest BCUT2D eigenvalue weighted by molar-refractivity contribution is 7.89. The van der Waals surface area contributed by atoms with E-state index in [-0.39, 0.29) is 45.9 Å². The molecule has 107 heavy (non-hydrogen) atoms. The van der Waals surface area contributed by atoms with Gasteiger partial charge in [0.25, 0.3) is 0 Å². The van der Waals surface area contributed by atoms with Crippen molar-refractivity contribution in [2.24, 2.45) is 10.9 Å². The normalized spacial score (nSPS) is 11.7. The summed E-state index contributed by atoms with van der Waals surface area (Å²) < 4.78 is 39.8. The second-order valence-corrected chi connectivity index (χ2v) is 25.9. The van der Waals surface area contributed by atoms with Gasteiger partial charge in [0.1, 0.15) is 11.5 Å². The molecule has 0 aliphatic rings. The lowest BCUT2D eigenvalue weighted by atomic mass is 10.1. The number of oxime groups is 1. The van der Waals surface area contributed by atoms with E-state index in [9.17, 15) is 38.3 Å². The van der Waals surface area contributed by atoms with Gasteiger partial charge in [-0.1, -0.05) is 29.4 Å². The summed E-state index contributed by atoms with van der Waals surface area (Å²) in [5, 5.41) is 67.3. The van der Waals surface area contributed by atoms with Crippen LogP contribution in [0.2, 0.25) is 0 Å². The van der Waals surface area contributed by atoms with Crippen molar-refractivity contribution in [2.75, 3.05) is 7.05 Å². The van der Waals surface area contributed by atoms with Crippen LogP contribution in [0.4, 0.5) is 10.1 Å². The lowest BCUT2D eigenvalue weighted by molar-refractivity contribution is 0.318. The van der Waals surface area contributed by atoms with Gasteiger partial charge in [-0.3, -0.25) is 0 Å². The topological polar surface area (TPSA) is 484 Å². The molecule has 15 aromatic heterocycles. The van der Waals surface area contributed by atoms with Crippen molar-refractivity contribution >= 4 is 132 Å². The molecule has 5 aromatic carbocycles. The van der Waals surface area contributed by atoms with Crippen molar-refractivity contribution in [2.45, 2.75) is 4.90 Å². The average Bonchev–Trinajstić information content (AvgIpc) is 1.69. The fourth-order valence-electron chi connectivity index (χ4n) is 12.6. The van der Waals surface area contributed by atoms with Crippen LogP contribution in [0.3, 0.4) is 0 Å². The molecule has 15 heterocycles. The molecule has 526 valence electrons. The third-order valence-corrected chi connectivity index (χ3v) is 19.1. The first kappa shape index (κ1) is 66.1. The summed E-state index contributed by atoms with van der Waals surface area (Å²) in [7, 11) is -2.22. The molecular weight excluding hydrogens is 1390 g/mol. The lowest BCUT2D eigenvalue weighted by Gasteiger charge is -2.04. The zero-order valence-electron chi connectivity index (χ0n) is 55.3. The van der Waals surface area contributed by atoms with Gasteiger partial charge in [0.05, 0.1) is 115 Å². The van der Waals surface area contributed by atoms with E-state index >= 15 is 0 Å². The number of hydrogen-bond acceptors (Lipinski definition) is 18. The zero-order valence-corrected chi connectivity index (χ0v) is 56.1. The number of nitrogens with one attached hydrogen (secondary N) is 11. The smallest absolute Gasteiger partial charge is 0.240 e. The van der Waals surface area contributed by atoms with Crippen LogP contribution >= 0.6 is 0 Å². The van der Waals surface area contributed by atoms with E-state index in [1.165, 1.54) is 31.3 Å². The molecule has 0 spiro atoms. The molecule has 0 saturated heterocycles. The summed E-state index contributed by atoms with van der Waals surface area (Å²) in [6.07, 6.45) is 8.08. The number of fused-ring (bicyclic) bond motifs is 10. The second kappa shape index (κ2) is 26.8. The van der Waals surface area contributed by atoms with Crippen LogP contribution in [0.1, 0.15) is 5.56 Å². The van der Waals surface area contributed by atoms with E-state index in [0.717, 1.165) is 54.8 Å². The molecule has 0 saturated carbocycles. The average molecular weight is 1440 g/mol. The molecule has 0 bridgehead atoms. The van der Waals surface area contributed by atoms with E-state index in [0.29, 0.717) is 123 Å². The van der Waals surface area contributed by atoms with Crippen LogP contribution in [-0.2, 0) is 10.0 Å². The minimum Gasteiger partial charge on any atom is -0.494 e. The maximum Gasteiger partial charge on any atom is 0.240 e. The molecule has 0 radical (unpaired) electrons. The Morgan fingerprint density at radius 2 is 0.841 bits per heavy atom. The Kier molecular flexibility index (Phi) is 16.6. The second-order valence-electron chi connectivity index (χ2n) is 24.0. The van der Waals surface area contributed by atoms with Crippen LogP contribution in [0.15, 0.2) is 205 Å². The Morgan fingerprint density at radius 1 is 0.449 bits per heavy atom. The van der Waals surface area contributed by atoms with Crippen LogP contribution in [-0.4, -0.2) is 147 Å². The Balaban J connectivity index is 0.000000102. The number of hydrogen-bond donors (Lipinski definition) is 18. The number of para-hydroxylation sites is 1. The van der Waals surface area contributed by atoms with Crippen molar-refractivity contribution in [3.8, 4) is 85.7 Å². The number of nitrogens with zero attached hydrogens (tertiary/aromatic N) is 11. The van der Waals surface area contributed by atoms with E-state index < -0.39 is 10.0 Å². The predicted molar refractivity (Wildman–Crippen MR) is 401 cm³/mol. The number of H-pyrrole nitrogens is 10. The van der Waals surface area contributed by atoms with E-state index in [2.05, 4.69) is 109 Å². The Labute approximate surface area is 598 Å². The number of pyridine rings is 5. The molecule has 20 rings (SSSR count). The Morgan fingerprint density at radius 3 is 1.32 bits per heavy atom. The van der Waals surface area contributed by atoms with Gasteiger partial charge in [-0.15, -0.1) is 0 Å². The first-order valence-electron chi connectivity index (χ1n) is 32.3. The van der Waals surface area contributed by atoms with Crippen molar-refractivity contribution < 1.29 is 43.5 Å². The highest BCUT2D eigenvalue weighted by atomic mass is 32.2. The number of nitrogens with two attached hydrogens (primary N) is 1. The van der Waals surface area contributed by atoms with Crippen LogP contribution in [0.25, 0.3) is 171 Å². The third kappa shape index (κ3) is 12.4. The molecule has 0 atom stereocenters. The van der Waals surface area contributed by atoms with Crippen LogP contribution < -0.4 is 10.5 Å². The summed E-state index contributed by atoms with van der Waals surface area (Å²) in [4.78, 5) is 71.6. The Bertz CT molecular complexity index is 7030. The van der Waals surface area contributed by atoms with E-state index in [1.54, 1.807) is 98.2 Å². The molecule has 19 N–H and O–H groups in total. The predicted octanol–water partition coefficient (Wildman–Crippen LogP) is 13.4. The van der Waals surface area contributed by atoms with Gasteiger partial charge in [0, 0.05) is 71.7 Å². The summed E-state index contributed by atoms with van der Waals surface area (Å²) >= 11 is 0. The third-order valence-electron chi connectivity index (χ3n) is 17.6. The molecule has 0 amide bonds. The molecule has 0 aliphatic heterocycles. The minimum atomic E-state index is -3.58. The maximum absolute atomic E-state index is 13.4.